The van der Waals surface area contributed by atoms with E-state index in [1.807, 2.05) is 0 Å². The first-order valence-corrected chi connectivity index (χ1v) is 10.2. The smallest absolute Gasteiger partial charge is 0.325 e. The number of nitrogens with zero attached hydrogens (tertiary/aromatic N) is 5. The summed E-state index contributed by atoms with van der Waals surface area (Å²) in [7, 11) is -1.18. The standard InChI is InChI=1S/C17H20F4N6O2S/c1-16(18,30(29)14-9-13(17(19,20)21)25-26(14)2)11-4-7-27(8-5-11)15(28)24-12-3-6-22-23-10-12/h3,6,9-11H,4-5,7-8H2,1-2H3,(H,22,24,28). The molecule has 0 bridgehead atoms. The monoisotopic (exact) mass is 448 g/mol. The molecule has 0 aliphatic carbocycles. The Hall–Kier alpha value is -2.57. The Morgan fingerprint density at radius 3 is 2.43 bits per heavy atom. The number of piperidine rings is 1. The maximum Gasteiger partial charge on any atom is 0.435 e. The van der Waals surface area contributed by atoms with Crippen molar-refractivity contribution in [2.45, 2.75) is 36.0 Å². The lowest BCUT2D eigenvalue weighted by Gasteiger charge is -2.37. The van der Waals surface area contributed by atoms with E-state index in [1.165, 1.54) is 24.3 Å². The van der Waals surface area contributed by atoms with E-state index >= 15 is 4.39 Å². The van der Waals surface area contributed by atoms with Crippen LogP contribution in [0.1, 0.15) is 25.5 Å². The summed E-state index contributed by atoms with van der Waals surface area (Å²) in [6.07, 6.45) is -1.48. The van der Waals surface area contributed by atoms with Gasteiger partial charge < -0.3 is 10.2 Å². The summed E-state index contributed by atoms with van der Waals surface area (Å²) >= 11 is 0. The van der Waals surface area contributed by atoms with E-state index in [1.54, 1.807) is 6.07 Å². The maximum absolute atomic E-state index is 15.5. The third-order valence-corrected chi connectivity index (χ3v) is 6.85. The van der Waals surface area contributed by atoms with E-state index in [4.69, 9.17) is 0 Å². The van der Waals surface area contributed by atoms with Gasteiger partial charge in [-0.3, -0.25) is 4.68 Å². The number of amides is 2. The molecule has 2 unspecified atom stereocenters. The topological polar surface area (TPSA) is 93.0 Å². The lowest BCUT2D eigenvalue weighted by Crippen LogP contribution is -2.46. The van der Waals surface area contributed by atoms with E-state index in [2.05, 4.69) is 20.6 Å². The minimum atomic E-state index is -4.71. The van der Waals surface area contributed by atoms with Crippen LogP contribution in [-0.2, 0) is 24.0 Å². The molecule has 30 heavy (non-hydrogen) atoms. The van der Waals surface area contributed by atoms with Crippen molar-refractivity contribution < 1.29 is 26.6 Å². The quantitative estimate of drug-likeness (QED) is 0.726. The molecular formula is C17H20F4N6O2S. The van der Waals surface area contributed by atoms with Crippen LogP contribution in [0.25, 0.3) is 0 Å². The molecule has 3 rings (SSSR count). The number of carbonyl (C=O) groups excluding carboxylic acids is 1. The zero-order valence-corrected chi connectivity index (χ0v) is 17.0. The minimum absolute atomic E-state index is 0.213. The fourth-order valence-electron chi connectivity index (χ4n) is 3.28. The summed E-state index contributed by atoms with van der Waals surface area (Å²) in [5, 5.41) is 10.6. The van der Waals surface area contributed by atoms with Crippen molar-refractivity contribution >= 4 is 22.5 Å². The van der Waals surface area contributed by atoms with Crippen LogP contribution in [0.2, 0.25) is 0 Å². The van der Waals surface area contributed by atoms with E-state index < -0.39 is 33.6 Å². The Labute approximate surface area is 172 Å². The lowest BCUT2D eigenvalue weighted by molar-refractivity contribution is -0.141. The molecule has 0 spiro atoms. The molecular weight excluding hydrogens is 428 g/mol. The molecule has 2 aromatic rings. The molecule has 3 heterocycles. The molecule has 13 heteroatoms. The summed E-state index contributed by atoms with van der Waals surface area (Å²) in [4.78, 5) is 13.8. The number of halogens is 4. The molecule has 2 atom stereocenters. The fraction of sp³-hybridized carbons (Fsp3) is 0.529. The number of anilines is 1. The van der Waals surface area contributed by atoms with E-state index in [-0.39, 0.29) is 37.0 Å². The van der Waals surface area contributed by atoms with Crippen LogP contribution in [0.5, 0.6) is 0 Å². The van der Waals surface area contributed by atoms with Gasteiger partial charge in [-0.05, 0) is 25.8 Å². The van der Waals surface area contributed by atoms with Crippen molar-refractivity contribution in [2.75, 3.05) is 18.4 Å². The number of aryl methyl sites for hydroxylation is 1. The molecule has 1 fully saturated rings. The van der Waals surface area contributed by atoms with Crippen LogP contribution < -0.4 is 5.32 Å². The van der Waals surface area contributed by atoms with E-state index in [9.17, 15) is 22.2 Å². The number of alkyl halides is 4. The van der Waals surface area contributed by atoms with Crippen molar-refractivity contribution in [3.63, 3.8) is 0 Å². The molecule has 2 aromatic heterocycles. The molecule has 2 amide bonds. The predicted molar refractivity (Wildman–Crippen MR) is 99.5 cm³/mol. The van der Waals surface area contributed by atoms with Crippen LogP contribution in [0.3, 0.4) is 0 Å². The van der Waals surface area contributed by atoms with Crippen LogP contribution >= 0.6 is 0 Å². The number of hydrogen-bond acceptors (Lipinski definition) is 5. The van der Waals surface area contributed by atoms with Gasteiger partial charge in [0.25, 0.3) is 0 Å². The average molecular weight is 448 g/mol. The van der Waals surface area contributed by atoms with Gasteiger partial charge >= 0.3 is 12.2 Å². The highest BCUT2D eigenvalue weighted by Gasteiger charge is 2.45. The highest BCUT2D eigenvalue weighted by atomic mass is 32.2. The average Bonchev–Trinajstić information content (AvgIpc) is 3.10. The number of rotatable bonds is 4. The van der Waals surface area contributed by atoms with Gasteiger partial charge in [-0.2, -0.15) is 28.5 Å². The van der Waals surface area contributed by atoms with Gasteiger partial charge in [-0.1, -0.05) is 0 Å². The van der Waals surface area contributed by atoms with Gasteiger partial charge in [0.05, 0.1) is 18.1 Å². The summed E-state index contributed by atoms with van der Waals surface area (Å²) in [6, 6.07) is 1.80. The first kappa shape index (κ1) is 22.1. The molecule has 164 valence electrons. The van der Waals surface area contributed by atoms with Gasteiger partial charge in [0.2, 0.25) is 0 Å². The van der Waals surface area contributed by atoms with Crippen molar-refractivity contribution in [3.05, 3.63) is 30.2 Å². The Morgan fingerprint density at radius 1 is 1.23 bits per heavy atom. The lowest BCUT2D eigenvalue weighted by atomic mass is 9.92. The highest BCUT2D eigenvalue weighted by molar-refractivity contribution is 7.86. The van der Waals surface area contributed by atoms with Gasteiger partial charge in [0, 0.05) is 32.1 Å². The molecule has 8 nitrogen and oxygen atoms in total. The SMILES string of the molecule is Cn1nc(C(F)(F)F)cc1S(=O)C(C)(F)C1CCN(C(=O)Nc2ccnnc2)CC1. The van der Waals surface area contributed by atoms with E-state index in [0.717, 1.165) is 11.6 Å². The predicted octanol–water partition coefficient (Wildman–Crippen LogP) is 2.97. The summed E-state index contributed by atoms with van der Waals surface area (Å²) in [6.45, 7) is 1.54. The Morgan fingerprint density at radius 2 is 1.90 bits per heavy atom. The summed E-state index contributed by atoms with van der Waals surface area (Å²) in [5.74, 6) is -0.700. The van der Waals surface area contributed by atoms with Crippen molar-refractivity contribution in [3.8, 4) is 0 Å². The van der Waals surface area contributed by atoms with Crippen molar-refractivity contribution in [2.24, 2.45) is 13.0 Å². The first-order chi connectivity index (χ1) is 14.0. The zero-order valence-electron chi connectivity index (χ0n) is 16.2. The van der Waals surface area contributed by atoms with Crippen LogP contribution in [0, 0.1) is 5.92 Å². The molecule has 0 aromatic carbocycles. The molecule has 0 saturated carbocycles. The number of hydrogen-bond donors (Lipinski definition) is 1. The Bertz CT molecular complexity index is 926. The largest absolute Gasteiger partial charge is 0.435 e. The molecule has 1 aliphatic heterocycles. The zero-order chi connectivity index (χ0) is 22.1. The van der Waals surface area contributed by atoms with Crippen molar-refractivity contribution in [1.82, 2.24) is 24.9 Å². The number of urea groups is 1. The minimum Gasteiger partial charge on any atom is -0.325 e. The van der Waals surface area contributed by atoms with Gasteiger partial charge in [0.1, 0.15) is 15.8 Å². The third-order valence-electron chi connectivity index (χ3n) is 5.03. The highest BCUT2D eigenvalue weighted by Crippen LogP contribution is 2.38. The number of aromatic nitrogens is 4. The summed E-state index contributed by atoms with van der Waals surface area (Å²) in [5.41, 5.74) is -0.758. The van der Waals surface area contributed by atoms with Gasteiger partial charge in [0.15, 0.2) is 10.7 Å². The second-order valence-electron chi connectivity index (χ2n) is 7.07. The maximum atomic E-state index is 15.5. The molecule has 1 aliphatic rings. The van der Waals surface area contributed by atoms with Crippen LogP contribution in [-0.4, -0.2) is 53.2 Å². The Balaban J connectivity index is 1.65. The van der Waals surface area contributed by atoms with E-state index in [0.29, 0.717) is 11.8 Å². The van der Waals surface area contributed by atoms with Crippen LogP contribution in [0.15, 0.2) is 29.6 Å². The summed E-state index contributed by atoms with van der Waals surface area (Å²) < 4.78 is 67.6. The first-order valence-electron chi connectivity index (χ1n) is 9.05. The number of likely N-dealkylation sites (tertiary alicyclic amines) is 1. The van der Waals surface area contributed by atoms with Crippen molar-refractivity contribution in [1.29, 1.82) is 0 Å². The number of nitrogens with one attached hydrogen (secondary N) is 1. The molecule has 0 radical (unpaired) electrons. The third kappa shape index (κ3) is 4.60. The van der Waals surface area contributed by atoms with Gasteiger partial charge in [-0.15, -0.1) is 0 Å². The second kappa shape index (κ2) is 8.28. The Kier molecular flexibility index (Phi) is 6.11. The second-order valence-corrected chi connectivity index (χ2v) is 8.82. The fourth-order valence-corrected chi connectivity index (χ4v) is 4.73. The van der Waals surface area contributed by atoms with Crippen LogP contribution in [0.4, 0.5) is 28.0 Å². The molecule has 1 saturated heterocycles. The van der Waals surface area contributed by atoms with Gasteiger partial charge in [-0.25, -0.2) is 13.4 Å². The molecule has 1 N–H and O–H groups in total. The normalized spacial score (nSPS) is 18.7. The number of carbonyl (C=O) groups is 1.